The lowest BCUT2D eigenvalue weighted by Gasteiger charge is -2.25. The Balaban J connectivity index is 3.99. The van der Waals surface area contributed by atoms with Crippen molar-refractivity contribution in [2.24, 2.45) is 0 Å². The Hall–Kier alpha value is 0.234. The van der Waals surface area contributed by atoms with Crippen molar-refractivity contribution < 1.29 is 21.8 Å². The molecule has 0 saturated carbocycles. The van der Waals surface area contributed by atoms with Crippen molar-refractivity contribution in [3.8, 4) is 0 Å². The quantitative estimate of drug-likeness (QED) is 0.574. The molecule has 0 fully saturated rings. The van der Waals surface area contributed by atoms with Crippen LogP contribution < -0.4 is 0 Å². The van der Waals surface area contributed by atoms with E-state index in [9.17, 15) is 0 Å². The molecule has 0 aliphatic rings. The Labute approximate surface area is 75.9 Å². The third-order valence-electron chi connectivity index (χ3n) is 1.44. The Morgan fingerprint density at radius 3 is 1.58 bits per heavy atom. The standard InChI is InChI=1S/C5H16O5Si2/c1-6-11(7-2)10-12(5,8-3)9-4/h11H,1-5H3. The van der Waals surface area contributed by atoms with Gasteiger partial charge in [-0.3, -0.25) is 0 Å². The van der Waals surface area contributed by atoms with Gasteiger partial charge in [0.15, 0.2) is 0 Å². The van der Waals surface area contributed by atoms with Gasteiger partial charge in [-0.15, -0.1) is 0 Å². The average Bonchev–Trinajstić information content (AvgIpc) is 2.14. The van der Waals surface area contributed by atoms with Gasteiger partial charge in [0.2, 0.25) is 0 Å². The molecule has 0 aromatic heterocycles. The summed E-state index contributed by atoms with van der Waals surface area (Å²) < 4.78 is 25.5. The molecule has 0 aliphatic heterocycles. The van der Waals surface area contributed by atoms with Crippen LogP contribution in [0.4, 0.5) is 0 Å². The van der Waals surface area contributed by atoms with E-state index in [0.717, 1.165) is 0 Å². The molecule has 0 saturated heterocycles. The maximum Gasteiger partial charge on any atom is 0.489 e. The third-order valence-corrected chi connectivity index (χ3v) is 6.17. The van der Waals surface area contributed by atoms with E-state index in [1.807, 2.05) is 0 Å². The van der Waals surface area contributed by atoms with E-state index >= 15 is 0 Å². The van der Waals surface area contributed by atoms with E-state index in [-0.39, 0.29) is 0 Å². The topological polar surface area (TPSA) is 46.2 Å². The van der Waals surface area contributed by atoms with Gasteiger partial charge in [-0.05, 0) is 0 Å². The molecule has 0 bridgehead atoms. The third kappa shape index (κ3) is 3.76. The number of hydrogen-bond acceptors (Lipinski definition) is 5. The van der Waals surface area contributed by atoms with E-state index in [1.54, 1.807) is 35.0 Å². The first kappa shape index (κ1) is 12.2. The van der Waals surface area contributed by atoms with Crippen molar-refractivity contribution in [3.63, 3.8) is 0 Å². The van der Waals surface area contributed by atoms with Gasteiger partial charge in [0.1, 0.15) is 0 Å². The number of rotatable bonds is 6. The lowest BCUT2D eigenvalue weighted by molar-refractivity contribution is 0.115. The van der Waals surface area contributed by atoms with Crippen molar-refractivity contribution >= 4 is 18.3 Å². The Morgan fingerprint density at radius 1 is 0.917 bits per heavy atom. The zero-order chi connectivity index (χ0) is 9.61. The van der Waals surface area contributed by atoms with Gasteiger partial charge >= 0.3 is 18.3 Å². The molecule has 0 atom stereocenters. The maximum absolute atomic E-state index is 5.42. The molecule has 0 aliphatic carbocycles. The normalized spacial score (nSPS) is 12.5. The van der Waals surface area contributed by atoms with Gasteiger partial charge in [0.25, 0.3) is 0 Å². The first-order valence-corrected chi connectivity index (χ1v) is 7.09. The van der Waals surface area contributed by atoms with Gasteiger partial charge in [0, 0.05) is 35.0 Å². The van der Waals surface area contributed by atoms with Gasteiger partial charge in [-0.2, -0.15) is 0 Å². The highest BCUT2D eigenvalue weighted by atomic mass is 28.4. The van der Waals surface area contributed by atoms with Crippen molar-refractivity contribution in [3.05, 3.63) is 0 Å². The van der Waals surface area contributed by atoms with Gasteiger partial charge in [-0.1, -0.05) is 0 Å². The largest absolute Gasteiger partial charge is 0.489 e. The first-order chi connectivity index (χ1) is 5.61. The average molecular weight is 212 g/mol. The highest BCUT2D eigenvalue weighted by Gasteiger charge is 2.36. The lowest BCUT2D eigenvalue weighted by Crippen LogP contribution is -2.46. The second-order valence-corrected chi connectivity index (χ2v) is 7.15. The molecule has 0 N–H and O–H groups in total. The molecule has 74 valence electrons. The van der Waals surface area contributed by atoms with E-state index in [1.165, 1.54) is 0 Å². The van der Waals surface area contributed by atoms with Crippen LogP contribution in [0.1, 0.15) is 0 Å². The Morgan fingerprint density at radius 2 is 1.33 bits per heavy atom. The smallest absolute Gasteiger partial charge is 0.380 e. The van der Waals surface area contributed by atoms with Crippen LogP contribution in [-0.4, -0.2) is 46.8 Å². The van der Waals surface area contributed by atoms with E-state index in [4.69, 9.17) is 21.8 Å². The Kier molecular flexibility index (Phi) is 5.92. The fourth-order valence-electron chi connectivity index (χ4n) is 0.547. The molecule has 12 heavy (non-hydrogen) atoms. The van der Waals surface area contributed by atoms with Crippen LogP contribution >= 0.6 is 0 Å². The van der Waals surface area contributed by atoms with Gasteiger partial charge in [0.05, 0.1) is 0 Å². The summed E-state index contributed by atoms with van der Waals surface area (Å²) in [4.78, 5) is 0. The molecule has 0 aromatic rings. The summed E-state index contributed by atoms with van der Waals surface area (Å²) in [6, 6.07) is 0. The van der Waals surface area contributed by atoms with E-state index in [2.05, 4.69) is 0 Å². The summed E-state index contributed by atoms with van der Waals surface area (Å²) in [5.74, 6) is 0. The maximum atomic E-state index is 5.42. The molecule has 0 radical (unpaired) electrons. The summed E-state index contributed by atoms with van der Waals surface area (Å²) >= 11 is 0. The second-order valence-electron chi connectivity index (χ2n) is 2.15. The lowest BCUT2D eigenvalue weighted by atomic mass is 11.8. The van der Waals surface area contributed by atoms with Crippen LogP contribution in [0.15, 0.2) is 0 Å². The summed E-state index contributed by atoms with van der Waals surface area (Å²) in [6.45, 7) is 1.78. The van der Waals surface area contributed by atoms with Crippen LogP contribution in [0.5, 0.6) is 0 Å². The van der Waals surface area contributed by atoms with Crippen molar-refractivity contribution in [1.29, 1.82) is 0 Å². The van der Waals surface area contributed by atoms with Crippen LogP contribution in [-0.2, 0) is 21.8 Å². The Bertz CT molecular complexity index is 114. The molecule has 0 unspecified atom stereocenters. The predicted octanol–water partition coefficient (Wildman–Crippen LogP) is -0.126. The molecule has 0 aromatic carbocycles. The molecule has 0 spiro atoms. The molecule has 0 amide bonds. The fourth-order valence-corrected chi connectivity index (χ4v) is 3.84. The summed E-state index contributed by atoms with van der Waals surface area (Å²) in [5, 5.41) is 0. The first-order valence-electron chi connectivity index (χ1n) is 3.45. The van der Waals surface area contributed by atoms with Crippen LogP contribution in [0.2, 0.25) is 6.55 Å². The summed E-state index contributed by atoms with van der Waals surface area (Å²) in [7, 11) is 1.65. The second kappa shape index (κ2) is 5.81. The predicted molar refractivity (Wildman–Crippen MR) is 47.9 cm³/mol. The number of hydrogen-bond donors (Lipinski definition) is 0. The molecule has 0 rings (SSSR count). The van der Waals surface area contributed by atoms with Crippen LogP contribution in [0.3, 0.4) is 0 Å². The minimum Gasteiger partial charge on any atom is -0.380 e. The highest BCUT2D eigenvalue weighted by Crippen LogP contribution is 2.08. The fraction of sp³-hybridized carbons (Fsp3) is 1.00. The van der Waals surface area contributed by atoms with E-state index in [0.29, 0.717) is 0 Å². The summed E-state index contributed by atoms with van der Waals surface area (Å²) in [6.07, 6.45) is 0. The SMILES string of the molecule is CO[SiH](OC)O[Si](C)(OC)OC. The zero-order valence-corrected chi connectivity index (χ0v) is 10.3. The summed E-state index contributed by atoms with van der Waals surface area (Å²) in [5.41, 5.74) is 0. The van der Waals surface area contributed by atoms with Crippen molar-refractivity contribution in [2.45, 2.75) is 6.55 Å². The van der Waals surface area contributed by atoms with Crippen LogP contribution in [0.25, 0.3) is 0 Å². The molecule has 0 heterocycles. The highest BCUT2D eigenvalue weighted by molar-refractivity contribution is 6.66. The minimum absolute atomic E-state index is 1.54. The molecule has 7 heteroatoms. The van der Waals surface area contributed by atoms with Crippen LogP contribution in [0, 0.1) is 0 Å². The van der Waals surface area contributed by atoms with Gasteiger partial charge < -0.3 is 21.8 Å². The monoisotopic (exact) mass is 212 g/mol. The zero-order valence-electron chi connectivity index (χ0n) is 8.12. The molecular formula is C5H16O5Si2. The van der Waals surface area contributed by atoms with Crippen molar-refractivity contribution in [2.75, 3.05) is 28.4 Å². The molecule has 5 nitrogen and oxygen atoms in total. The van der Waals surface area contributed by atoms with Crippen molar-refractivity contribution in [1.82, 2.24) is 0 Å². The minimum atomic E-state index is -2.49. The van der Waals surface area contributed by atoms with Gasteiger partial charge in [-0.25, -0.2) is 0 Å². The van der Waals surface area contributed by atoms with E-state index < -0.39 is 18.3 Å². The molecular weight excluding hydrogens is 196 g/mol.